The zero-order chi connectivity index (χ0) is 12.7. The molecule has 4 heteroatoms. The summed E-state index contributed by atoms with van der Waals surface area (Å²) in [5, 5.41) is 11.4. The average Bonchev–Trinajstić information content (AvgIpc) is 2.31. The lowest BCUT2D eigenvalue weighted by molar-refractivity contribution is -0.120. The van der Waals surface area contributed by atoms with Crippen LogP contribution < -0.4 is 5.32 Å². The standard InChI is InChI=1S/C13H15FN2O/c1-2-3-12(9-15)16-13(17)8-10-4-6-11(14)7-5-10/h4-7,12H,2-3,8H2,1H3,(H,16,17). The number of benzene rings is 1. The van der Waals surface area contributed by atoms with Gasteiger partial charge in [0.15, 0.2) is 0 Å². The van der Waals surface area contributed by atoms with Gasteiger partial charge in [0.1, 0.15) is 11.9 Å². The molecule has 0 aliphatic carbocycles. The number of hydrogen-bond acceptors (Lipinski definition) is 2. The van der Waals surface area contributed by atoms with E-state index in [4.69, 9.17) is 5.26 Å². The van der Waals surface area contributed by atoms with Gasteiger partial charge in [0.2, 0.25) is 5.91 Å². The fourth-order valence-corrected chi connectivity index (χ4v) is 1.49. The zero-order valence-electron chi connectivity index (χ0n) is 9.74. The van der Waals surface area contributed by atoms with E-state index < -0.39 is 6.04 Å². The van der Waals surface area contributed by atoms with Crippen LogP contribution in [-0.2, 0) is 11.2 Å². The number of hydrogen-bond donors (Lipinski definition) is 1. The van der Waals surface area contributed by atoms with Gasteiger partial charge < -0.3 is 5.32 Å². The summed E-state index contributed by atoms with van der Waals surface area (Å²) in [6.07, 6.45) is 1.66. The largest absolute Gasteiger partial charge is 0.340 e. The number of amides is 1. The van der Waals surface area contributed by atoms with Crippen LogP contribution in [0.15, 0.2) is 24.3 Å². The molecule has 1 aromatic carbocycles. The predicted octanol–water partition coefficient (Wildman–Crippen LogP) is 2.18. The van der Waals surface area contributed by atoms with E-state index in [2.05, 4.69) is 5.32 Å². The minimum Gasteiger partial charge on any atom is -0.340 e. The van der Waals surface area contributed by atoms with E-state index in [1.54, 1.807) is 12.1 Å². The van der Waals surface area contributed by atoms with E-state index in [1.807, 2.05) is 13.0 Å². The molecule has 1 rings (SSSR count). The van der Waals surface area contributed by atoms with Crippen LogP contribution in [0.2, 0.25) is 0 Å². The van der Waals surface area contributed by atoms with Gasteiger partial charge in [0, 0.05) is 0 Å². The molecule has 1 atom stereocenters. The fraction of sp³-hybridized carbons (Fsp3) is 0.385. The Balaban J connectivity index is 2.49. The lowest BCUT2D eigenvalue weighted by atomic mass is 10.1. The van der Waals surface area contributed by atoms with Crippen LogP contribution in [0.5, 0.6) is 0 Å². The molecule has 90 valence electrons. The van der Waals surface area contributed by atoms with Crippen molar-refractivity contribution in [2.75, 3.05) is 0 Å². The minimum absolute atomic E-state index is 0.169. The lowest BCUT2D eigenvalue weighted by Crippen LogP contribution is -2.34. The third-order valence-corrected chi connectivity index (χ3v) is 2.35. The van der Waals surface area contributed by atoms with E-state index in [1.165, 1.54) is 12.1 Å². The molecule has 0 saturated carbocycles. The van der Waals surface area contributed by atoms with Crippen molar-refractivity contribution in [2.24, 2.45) is 0 Å². The first-order valence-corrected chi connectivity index (χ1v) is 5.59. The van der Waals surface area contributed by atoms with Crippen LogP contribution in [0.1, 0.15) is 25.3 Å². The molecule has 0 spiro atoms. The van der Waals surface area contributed by atoms with Gasteiger partial charge in [-0.05, 0) is 24.1 Å². The van der Waals surface area contributed by atoms with Gasteiger partial charge >= 0.3 is 0 Å². The summed E-state index contributed by atoms with van der Waals surface area (Å²) in [5.41, 5.74) is 0.733. The summed E-state index contributed by atoms with van der Waals surface area (Å²) >= 11 is 0. The van der Waals surface area contributed by atoms with Gasteiger partial charge in [-0.1, -0.05) is 25.5 Å². The molecule has 17 heavy (non-hydrogen) atoms. The first kappa shape index (κ1) is 13.2. The fourth-order valence-electron chi connectivity index (χ4n) is 1.49. The van der Waals surface area contributed by atoms with Crippen LogP contribution in [0.25, 0.3) is 0 Å². The van der Waals surface area contributed by atoms with Gasteiger partial charge in [0.05, 0.1) is 12.5 Å². The first-order chi connectivity index (χ1) is 8.15. The highest BCUT2D eigenvalue weighted by molar-refractivity contribution is 5.79. The summed E-state index contributed by atoms with van der Waals surface area (Å²) in [5.74, 6) is -0.536. The molecule has 1 N–H and O–H groups in total. The Morgan fingerprint density at radius 1 is 1.47 bits per heavy atom. The number of nitrogens with one attached hydrogen (secondary N) is 1. The Kier molecular flexibility index (Phi) is 5.15. The Hall–Kier alpha value is -1.89. The molecule has 0 bridgehead atoms. The number of rotatable bonds is 5. The van der Waals surface area contributed by atoms with Crippen LogP contribution in [0.4, 0.5) is 4.39 Å². The quantitative estimate of drug-likeness (QED) is 0.848. The summed E-state index contributed by atoms with van der Waals surface area (Å²) in [4.78, 5) is 11.6. The number of carbonyl (C=O) groups excluding carboxylic acids is 1. The van der Waals surface area contributed by atoms with E-state index in [0.29, 0.717) is 6.42 Å². The van der Waals surface area contributed by atoms with Crippen molar-refractivity contribution in [1.82, 2.24) is 5.32 Å². The highest BCUT2D eigenvalue weighted by atomic mass is 19.1. The summed E-state index contributed by atoms with van der Waals surface area (Å²) in [6.45, 7) is 1.95. The van der Waals surface area contributed by atoms with Crippen molar-refractivity contribution in [1.29, 1.82) is 5.26 Å². The van der Waals surface area contributed by atoms with Crippen LogP contribution in [-0.4, -0.2) is 11.9 Å². The maximum atomic E-state index is 12.6. The number of carbonyl (C=O) groups is 1. The second-order valence-electron chi connectivity index (χ2n) is 3.84. The number of halogens is 1. The maximum absolute atomic E-state index is 12.6. The molecule has 0 aromatic heterocycles. The highest BCUT2D eigenvalue weighted by Gasteiger charge is 2.10. The molecular weight excluding hydrogens is 219 g/mol. The Labute approximate surface area is 100 Å². The molecule has 1 aromatic rings. The Morgan fingerprint density at radius 3 is 2.65 bits per heavy atom. The van der Waals surface area contributed by atoms with E-state index >= 15 is 0 Å². The van der Waals surface area contributed by atoms with Crippen molar-refractivity contribution in [3.8, 4) is 6.07 Å². The normalized spacial score (nSPS) is 11.6. The van der Waals surface area contributed by atoms with E-state index in [9.17, 15) is 9.18 Å². The van der Waals surface area contributed by atoms with Gasteiger partial charge in [-0.15, -0.1) is 0 Å². The summed E-state index contributed by atoms with van der Waals surface area (Å²) < 4.78 is 12.6. The molecule has 0 radical (unpaired) electrons. The predicted molar refractivity (Wildman–Crippen MR) is 62.6 cm³/mol. The van der Waals surface area contributed by atoms with Crippen LogP contribution in [0.3, 0.4) is 0 Å². The van der Waals surface area contributed by atoms with Crippen molar-refractivity contribution >= 4 is 5.91 Å². The summed E-state index contributed by atoms with van der Waals surface area (Å²) in [7, 11) is 0. The van der Waals surface area contributed by atoms with Crippen molar-refractivity contribution < 1.29 is 9.18 Å². The molecule has 0 saturated heterocycles. The van der Waals surface area contributed by atoms with Gasteiger partial charge in [-0.3, -0.25) is 4.79 Å². The number of nitrogens with zero attached hydrogens (tertiary/aromatic N) is 1. The van der Waals surface area contributed by atoms with Crippen molar-refractivity contribution in [3.63, 3.8) is 0 Å². The third kappa shape index (κ3) is 4.64. The second kappa shape index (κ2) is 6.64. The Bertz CT molecular complexity index is 408. The molecule has 3 nitrogen and oxygen atoms in total. The molecular formula is C13H15FN2O. The molecule has 1 amide bonds. The van der Waals surface area contributed by atoms with E-state index in [0.717, 1.165) is 12.0 Å². The highest BCUT2D eigenvalue weighted by Crippen LogP contribution is 2.04. The monoisotopic (exact) mass is 234 g/mol. The molecule has 0 aliphatic heterocycles. The third-order valence-electron chi connectivity index (χ3n) is 2.35. The Morgan fingerprint density at radius 2 is 2.12 bits per heavy atom. The topological polar surface area (TPSA) is 52.9 Å². The van der Waals surface area contributed by atoms with Crippen molar-refractivity contribution in [2.45, 2.75) is 32.2 Å². The van der Waals surface area contributed by atoms with Crippen molar-refractivity contribution in [3.05, 3.63) is 35.6 Å². The smallest absolute Gasteiger partial charge is 0.225 e. The number of nitriles is 1. The van der Waals surface area contributed by atoms with E-state index in [-0.39, 0.29) is 18.1 Å². The van der Waals surface area contributed by atoms with Crippen LogP contribution in [0, 0.1) is 17.1 Å². The first-order valence-electron chi connectivity index (χ1n) is 5.59. The minimum atomic E-state index is -0.437. The summed E-state index contributed by atoms with van der Waals surface area (Å²) in [6, 6.07) is 7.36. The molecule has 0 heterocycles. The van der Waals surface area contributed by atoms with Gasteiger partial charge in [0.25, 0.3) is 0 Å². The molecule has 1 unspecified atom stereocenters. The van der Waals surface area contributed by atoms with Crippen LogP contribution >= 0.6 is 0 Å². The van der Waals surface area contributed by atoms with Gasteiger partial charge in [-0.25, -0.2) is 4.39 Å². The molecule has 0 fully saturated rings. The molecule has 0 aliphatic rings. The SMILES string of the molecule is CCCC(C#N)NC(=O)Cc1ccc(F)cc1. The lowest BCUT2D eigenvalue weighted by Gasteiger charge is -2.10. The second-order valence-corrected chi connectivity index (χ2v) is 3.84. The van der Waals surface area contributed by atoms with Gasteiger partial charge in [-0.2, -0.15) is 5.26 Å². The maximum Gasteiger partial charge on any atom is 0.225 e. The zero-order valence-corrected chi connectivity index (χ0v) is 9.74. The average molecular weight is 234 g/mol.